The van der Waals surface area contributed by atoms with Gasteiger partial charge in [0.1, 0.15) is 0 Å². The fourth-order valence-electron chi connectivity index (χ4n) is 2.72. The Labute approximate surface area is 142 Å². The first-order valence-corrected chi connectivity index (χ1v) is 7.67. The number of benzene rings is 1. The molecule has 3 nitrogen and oxygen atoms in total. The summed E-state index contributed by atoms with van der Waals surface area (Å²) < 4.78 is 0. The lowest BCUT2D eigenvalue weighted by Gasteiger charge is -2.33. The molecule has 1 amide bonds. The van der Waals surface area contributed by atoms with E-state index in [4.69, 9.17) is 23.2 Å². The molecule has 0 unspecified atom stereocenters. The third kappa shape index (κ3) is 3.84. The van der Waals surface area contributed by atoms with Crippen molar-refractivity contribution in [2.45, 2.75) is 39.3 Å². The predicted octanol–water partition coefficient (Wildman–Crippen LogP) is 3.94. The van der Waals surface area contributed by atoms with Crippen LogP contribution in [0.25, 0.3) is 0 Å². The van der Waals surface area contributed by atoms with Gasteiger partial charge in [0, 0.05) is 24.2 Å². The number of carbonyl (C=O) groups excluding carboxylic acids is 1. The quantitative estimate of drug-likeness (QED) is 0.894. The molecular weight excluding hydrogens is 331 g/mol. The Hall–Kier alpha value is -0.480. The zero-order valence-corrected chi connectivity index (χ0v) is 14.8. The SMILES string of the molecule is Cc1c(C(=O)N(C(C)C)[C@@H]2CCNC2)ccc(Cl)c1Cl.Cl. The van der Waals surface area contributed by atoms with E-state index in [1.807, 2.05) is 25.7 Å². The average Bonchev–Trinajstić information content (AvgIpc) is 2.89. The molecule has 1 atom stereocenters. The number of nitrogens with zero attached hydrogens (tertiary/aromatic N) is 1. The van der Waals surface area contributed by atoms with Crippen LogP contribution < -0.4 is 5.32 Å². The summed E-state index contributed by atoms with van der Waals surface area (Å²) in [7, 11) is 0. The van der Waals surface area contributed by atoms with E-state index < -0.39 is 0 Å². The number of hydrogen-bond donors (Lipinski definition) is 1. The number of carbonyl (C=O) groups is 1. The molecular formula is C15H21Cl3N2O. The van der Waals surface area contributed by atoms with Gasteiger partial charge in [0.2, 0.25) is 0 Å². The van der Waals surface area contributed by atoms with Crippen molar-refractivity contribution in [3.8, 4) is 0 Å². The first kappa shape index (κ1) is 18.6. The first-order valence-electron chi connectivity index (χ1n) is 6.91. The first-order chi connectivity index (χ1) is 9.43. The molecule has 1 heterocycles. The zero-order valence-electron chi connectivity index (χ0n) is 12.5. The van der Waals surface area contributed by atoms with Crippen molar-refractivity contribution in [3.63, 3.8) is 0 Å². The fourth-order valence-corrected chi connectivity index (χ4v) is 3.09. The second kappa shape index (κ2) is 7.68. The van der Waals surface area contributed by atoms with Crippen LogP contribution >= 0.6 is 35.6 Å². The molecule has 0 spiro atoms. The van der Waals surface area contributed by atoms with Gasteiger partial charge in [0.15, 0.2) is 0 Å². The minimum Gasteiger partial charge on any atom is -0.332 e. The highest BCUT2D eigenvalue weighted by molar-refractivity contribution is 6.42. The lowest BCUT2D eigenvalue weighted by atomic mass is 10.0. The average molecular weight is 352 g/mol. The molecule has 1 aromatic carbocycles. The van der Waals surface area contributed by atoms with Crippen molar-refractivity contribution in [3.05, 3.63) is 33.3 Å². The summed E-state index contributed by atoms with van der Waals surface area (Å²) >= 11 is 12.1. The van der Waals surface area contributed by atoms with Gasteiger partial charge in [-0.05, 0) is 51.4 Å². The monoisotopic (exact) mass is 350 g/mol. The Bertz CT molecular complexity index is 514. The number of amides is 1. The van der Waals surface area contributed by atoms with Crippen molar-refractivity contribution >= 4 is 41.5 Å². The Kier molecular flexibility index (Phi) is 6.79. The molecule has 0 bridgehead atoms. The summed E-state index contributed by atoms with van der Waals surface area (Å²) in [4.78, 5) is 14.8. The zero-order chi connectivity index (χ0) is 14.9. The van der Waals surface area contributed by atoms with E-state index in [1.165, 1.54) is 0 Å². The Morgan fingerprint density at radius 3 is 2.57 bits per heavy atom. The Morgan fingerprint density at radius 2 is 2.05 bits per heavy atom. The van der Waals surface area contributed by atoms with Crippen LogP contribution in [0, 0.1) is 6.92 Å². The van der Waals surface area contributed by atoms with E-state index in [-0.39, 0.29) is 30.4 Å². The van der Waals surface area contributed by atoms with Crippen LogP contribution in [0.5, 0.6) is 0 Å². The summed E-state index contributed by atoms with van der Waals surface area (Å²) in [6, 6.07) is 3.86. The van der Waals surface area contributed by atoms with Crippen molar-refractivity contribution in [1.29, 1.82) is 0 Å². The second-order valence-corrected chi connectivity index (χ2v) is 6.27. The summed E-state index contributed by atoms with van der Waals surface area (Å²) in [5, 5.41) is 4.26. The molecule has 0 aromatic heterocycles. The smallest absolute Gasteiger partial charge is 0.254 e. The second-order valence-electron chi connectivity index (χ2n) is 5.49. The van der Waals surface area contributed by atoms with Gasteiger partial charge < -0.3 is 10.2 Å². The molecule has 21 heavy (non-hydrogen) atoms. The highest BCUT2D eigenvalue weighted by atomic mass is 35.5. The molecule has 0 radical (unpaired) electrons. The Balaban J connectivity index is 0.00000220. The molecule has 1 aromatic rings. The summed E-state index contributed by atoms with van der Waals surface area (Å²) in [6.45, 7) is 7.74. The highest BCUT2D eigenvalue weighted by Crippen LogP contribution is 2.29. The van der Waals surface area contributed by atoms with E-state index in [1.54, 1.807) is 12.1 Å². The summed E-state index contributed by atoms with van der Waals surface area (Å²) in [5.41, 5.74) is 1.39. The van der Waals surface area contributed by atoms with Gasteiger partial charge in [-0.3, -0.25) is 4.79 Å². The van der Waals surface area contributed by atoms with E-state index in [2.05, 4.69) is 5.32 Å². The van der Waals surface area contributed by atoms with Gasteiger partial charge in [0.05, 0.1) is 10.0 Å². The molecule has 0 aliphatic carbocycles. The van der Waals surface area contributed by atoms with E-state index in [0.717, 1.165) is 25.1 Å². The van der Waals surface area contributed by atoms with Crippen molar-refractivity contribution in [1.82, 2.24) is 10.2 Å². The van der Waals surface area contributed by atoms with Gasteiger partial charge in [0.25, 0.3) is 5.91 Å². The van der Waals surface area contributed by atoms with Crippen LogP contribution in [0.1, 0.15) is 36.2 Å². The summed E-state index contributed by atoms with van der Waals surface area (Å²) in [6.07, 6.45) is 0.990. The van der Waals surface area contributed by atoms with Gasteiger partial charge in [-0.15, -0.1) is 12.4 Å². The number of nitrogens with one attached hydrogen (secondary N) is 1. The van der Waals surface area contributed by atoms with E-state index in [9.17, 15) is 4.79 Å². The fraction of sp³-hybridized carbons (Fsp3) is 0.533. The van der Waals surface area contributed by atoms with Crippen LogP contribution in [0.15, 0.2) is 12.1 Å². The molecule has 0 saturated carbocycles. The molecule has 6 heteroatoms. The van der Waals surface area contributed by atoms with Gasteiger partial charge >= 0.3 is 0 Å². The van der Waals surface area contributed by atoms with Crippen molar-refractivity contribution in [2.75, 3.05) is 13.1 Å². The molecule has 2 rings (SSSR count). The van der Waals surface area contributed by atoms with Crippen LogP contribution in [0.2, 0.25) is 10.0 Å². The predicted molar refractivity (Wildman–Crippen MR) is 91.0 cm³/mol. The lowest BCUT2D eigenvalue weighted by molar-refractivity contribution is 0.0626. The number of hydrogen-bond acceptors (Lipinski definition) is 2. The largest absolute Gasteiger partial charge is 0.332 e. The Morgan fingerprint density at radius 1 is 1.38 bits per heavy atom. The molecule has 1 aliphatic rings. The maximum absolute atomic E-state index is 12.9. The number of rotatable bonds is 3. The molecule has 118 valence electrons. The number of halogens is 3. The maximum Gasteiger partial charge on any atom is 0.254 e. The van der Waals surface area contributed by atoms with Crippen LogP contribution in [-0.2, 0) is 0 Å². The molecule has 1 N–H and O–H groups in total. The van der Waals surface area contributed by atoms with Crippen LogP contribution in [-0.4, -0.2) is 36.0 Å². The lowest BCUT2D eigenvalue weighted by Crippen LogP contribution is -2.46. The third-order valence-corrected chi connectivity index (χ3v) is 4.69. The third-order valence-electron chi connectivity index (χ3n) is 3.79. The standard InChI is InChI=1S/C15H20Cl2N2O.ClH/c1-9(2)19(11-6-7-18-8-11)15(20)12-4-5-13(16)14(17)10(12)3;/h4-5,9,11,18H,6-8H2,1-3H3;1H/t11-;/m1./s1. The van der Waals surface area contributed by atoms with Crippen LogP contribution in [0.4, 0.5) is 0 Å². The molecule has 1 fully saturated rings. The van der Waals surface area contributed by atoms with E-state index in [0.29, 0.717) is 15.6 Å². The minimum absolute atomic E-state index is 0. The summed E-state index contributed by atoms with van der Waals surface area (Å²) in [5.74, 6) is 0.0322. The van der Waals surface area contributed by atoms with E-state index >= 15 is 0 Å². The minimum atomic E-state index is 0. The van der Waals surface area contributed by atoms with Crippen molar-refractivity contribution in [2.24, 2.45) is 0 Å². The molecule has 1 saturated heterocycles. The van der Waals surface area contributed by atoms with Crippen molar-refractivity contribution < 1.29 is 4.79 Å². The molecule has 1 aliphatic heterocycles. The van der Waals surface area contributed by atoms with Gasteiger partial charge in [-0.25, -0.2) is 0 Å². The topological polar surface area (TPSA) is 32.3 Å². The van der Waals surface area contributed by atoms with Crippen LogP contribution in [0.3, 0.4) is 0 Å². The highest BCUT2D eigenvalue weighted by Gasteiger charge is 2.30. The normalized spacial score (nSPS) is 17.7. The van der Waals surface area contributed by atoms with Gasteiger partial charge in [-0.1, -0.05) is 23.2 Å². The maximum atomic E-state index is 12.9. The van der Waals surface area contributed by atoms with Gasteiger partial charge in [-0.2, -0.15) is 0 Å².